The lowest BCUT2D eigenvalue weighted by atomic mass is 10.0. The zero-order valence-electron chi connectivity index (χ0n) is 14.8. The van der Waals surface area contributed by atoms with Gasteiger partial charge in [0.2, 0.25) is 0 Å². The highest BCUT2D eigenvalue weighted by Gasteiger charge is 2.18. The summed E-state index contributed by atoms with van der Waals surface area (Å²) < 4.78 is 10.7. The van der Waals surface area contributed by atoms with Gasteiger partial charge in [-0.25, -0.2) is 0 Å². The number of nitrogens with one attached hydrogen (secondary N) is 1. The second kappa shape index (κ2) is 9.44. The summed E-state index contributed by atoms with van der Waals surface area (Å²) in [4.78, 5) is 11.8. The van der Waals surface area contributed by atoms with Gasteiger partial charge >= 0.3 is 0 Å². The summed E-state index contributed by atoms with van der Waals surface area (Å²) in [6, 6.07) is 13.0. The Kier molecular flexibility index (Phi) is 7.01. The van der Waals surface area contributed by atoms with Crippen molar-refractivity contribution in [2.45, 2.75) is 19.4 Å². The van der Waals surface area contributed by atoms with Crippen LogP contribution >= 0.6 is 0 Å². The predicted octanol–water partition coefficient (Wildman–Crippen LogP) is 2.05. The number of rotatable bonds is 9. The molecule has 0 aliphatic carbocycles. The van der Waals surface area contributed by atoms with Gasteiger partial charge < -0.3 is 24.7 Å². The standard InChI is InChI=1S/C20H22N2O4/c1-3-14-6-9-18(26-11-10-25-2)17(12-14)19(20(23)24)22-16-7-4-15(13-21)5-8-16/h4-9,12,19,22H,3,10-11H2,1-2H3,(H,23,24)/p-1. The first-order valence-corrected chi connectivity index (χ1v) is 8.31. The fourth-order valence-electron chi connectivity index (χ4n) is 2.48. The quantitative estimate of drug-likeness (QED) is 0.693. The Morgan fingerprint density at radius 3 is 2.54 bits per heavy atom. The lowest BCUT2D eigenvalue weighted by Crippen LogP contribution is -2.34. The van der Waals surface area contributed by atoms with Crippen LogP contribution in [0, 0.1) is 11.3 Å². The molecular formula is C20H21N2O4-. The minimum absolute atomic E-state index is 0.311. The molecule has 0 bridgehead atoms. The SMILES string of the molecule is CCc1ccc(OCCOC)c(C(Nc2ccc(C#N)cc2)C(=O)[O-])c1. The Balaban J connectivity index is 2.34. The molecule has 0 heterocycles. The van der Waals surface area contributed by atoms with E-state index >= 15 is 0 Å². The van der Waals surface area contributed by atoms with Crippen LogP contribution < -0.4 is 15.2 Å². The number of carboxylic acids is 1. The van der Waals surface area contributed by atoms with Gasteiger partial charge in [0.25, 0.3) is 0 Å². The maximum absolute atomic E-state index is 11.8. The third kappa shape index (κ3) is 4.98. The van der Waals surface area contributed by atoms with Crippen molar-refractivity contribution in [2.75, 3.05) is 25.6 Å². The molecule has 0 spiro atoms. The summed E-state index contributed by atoms with van der Waals surface area (Å²) in [7, 11) is 1.57. The number of anilines is 1. The Morgan fingerprint density at radius 1 is 1.23 bits per heavy atom. The van der Waals surface area contributed by atoms with Crippen molar-refractivity contribution < 1.29 is 19.4 Å². The second-order valence-corrected chi connectivity index (χ2v) is 5.65. The summed E-state index contributed by atoms with van der Waals surface area (Å²) >= 11 is 0. The largest absolute Gasteiger partial charge is 0.548 e. The number of aliphatic carboxylic acids is 1. The highest BCUT2D eigenvalue weighted by molar-refractivity contribution is 5.79. The molecule has 2 aromatic rings. The third-order valence-electron chi connectivity index (χ3n) is 3.90. The second-order valence-electron chi connectivity index (χ2n) is 5.65. The molecule has 6 heteroatoms. The summed E-state index contributed by atoms with van der Waals surface area (Å²) in [6.45, 7) is 2.70. The highest BCUT2D eigenvalue weighted by atomic mass is 16.5. The number of aryl methyl sites for hydroxylation is 1. The average molecular weight is 353 g/mol. The molecule has 0 aliphatic heterocycles. The number of hydrogen-bond acceptors (Lipinski definition) is 6. The van der Waals surface area contributed by atoms with Crippen LogP contribution in [0.3, 0.4) is 0 Å². The minimum atomic E-state index is -1.26. The maximum atomic E-state index is 11.8. The molecular weight excluding hydrogens is 332 g/mol. The van der Waals surface area contributed by atoms with Crippen LogP contribution in [0.15, 0.2) is 42.5 Å². The van der Waals surface area contributed by atoms with E-state index in [9.17, 15) is 9.90 Å². The fourth-order valence-corrected chi connectivity index (χ4v) is 2.48. The van der Waals surface area contributed by atoms with E-state index in [1.54, 1.807) is 43.5 Å². The van der Waals surface area contributed by atoms with Crippen LogP contribution in [0.5, 0.6) is 5.75 Å². The smallest absolute Gasteiger partial charge is 0.125 e. The van der Waals surface area contributed by atoms with Gasteiger partial charge in [-0.05, 0) is 48.4 Å². The number of carbonyl (C=O) groups is 1. The number of nitrogens with zero attached hydrogens (tertiary/aromatic N) is 1. The minimum Gasteiger partial charge on any atom is -0.548 e. The predicted molar refractivity (Wildman–Crippen MR) is 95.7 cm³/mol. The summed E-state index contributed by atoms with van der Waals surface area (Å²) in [5, 5.41) is 23.6. The lowest BCUT2D eigenvalue weighted by Gasteiger charge is -2.24. The van der Waals surface area contributed by atoms with Crippen molar-refractivity contribution in [1.82, 2.24) is 0 Å². The molecule has 0 aliphatic rings. The number of carbonyl (C=O) groups excluding carboxylic acids is 1. The molecule has 6 nitrogen and oxygen atoms in total. The third-order valence-corrected chi connectivity index (χ3v) is 3.90. The van der Waals surface area contributed by atoms with Gasteiger partial charge in [-0.15, -0.1) is 0 Å². The number of benzene rings is 2. The van der Waals surface area contributed by atoms with E-state index in [0.29, 0.717) is 35.8 Å². The van der Waals surface area contributed by atoms with Crippen LogP contribution in [-0.2, 0) is 16.0 Å². The van der Waals surface area contributed by atoms with Gasteiger partial charge in [0.1, 0.15) is 12.4 Å². The van der Waals surface area contributed by atoms with Crippen LogP contribution in [-0.4, -0.2) is 26.3 Å². The molecule has 136 valence electrons. The number of nitriles is 1. The van der Waals surface area contributed by atoms with E-state index in [1.807, 2.05) is 19.1 Å². The van der Waals surface area contributed by atoms with Crippen molar-refractivity contribution in [1.29, 1.82) is 5.26 Å². The Labute approximate surface area is 153 Å². The van der Waals surface area contributed by atoms with Crippen LogP contribution in [0.4, 0.5) is 5.69 Å². The zero-order valence-corrected chi connectivity index (χ0v) is 14.8. The van der Waals surface area contributed by atoms with E-state index in [0.717, 1.165) is 12.0 Å². The van der Waals surface area contributed by atoms with Crippen molar-refractivity contribution in [3.63, 3.8) is 0 Å². The molecule has 0 amide bonds. The van der Waals surface area contributed by atoms with Crippen molar-refractivity contribution in [3.8, 4) is 11.8 Å². The molecule has 1 unspecified atom stereocenters. The van der Waals surface area contributed by atoms with Gasteiger partial charge in [0.15, 0.2) is 0 Å². The van der Waals surface area contributed by atoms with Crippen molar-refractivity contribution in [2.24, 2.45) is 0 Å². The van der Waals surface area contributed by atoms with Crippen molar-refractivity contribution in [3.05, 3.63) is 59.2 Å². The molecule has 1 N–H and O–H groups in total. The first-order valence-electron chi connectivity index (χ1n) is 8.31. The van der Waals surface area contributed by atoms with Gasteiger partial charge in [0.05, 0.1) is 30.3 Å². The van der Waals surface area contributed by atoms with Gasteiger partial charge in [-0.2, -0.15) is 5.26 Å². The first-order chi connectivity index (χ1) is 12.6. The van der Waals surface area contributed by atoms with Gasteiger partial charge in [-0.3, -0.25) is 0 Å². The monoisotopic (exact) mass is 353 g/mol. The normalized spacial score (nSPS) is 11.4. The number of methoxy groups -OCH3 is 1. The van der Waals surface area contributed by atoms with Crippen LogP contribution in [0.2, 0.25) is 0 Å². The molecule has 2 rings (SSSR count). The summed E-state index contributed by atoms with van der Waals surface area (Å²) in [5.74, 6) is -0.797. The van der Waals surface area contributed by atoms with Gasteiger partial charge in [-0.1, -0.05) is 13.0 Å². The average Bonchev–Trinajstić information content (AvgIpc) is 2.67. The highest BCUT2D eigenvalue weighted by Crippen LogP contribution is 2.29. The van der Waals surface area contributed by atoms with E-state index in [2.05, 4.69) is 5.32 Å². The van der Waals surface area contributed by atoms with E-state index in [1.165, 1.54) is 0 Å². The molecule has 0 radical (unpaired) electrons. The van der Waals surface area contributed by atoms with Crippen molar-refractivity contribution >= 4 is 11.7 Å². The Bertz CT molecular complexity index is 781. The molecule has 0 saturated heterocycles. The molecule has 0 saturated carbocycles. The number of ether oxygens (including phenoxy) is 2. The van der Waals surface area contributed by atoms with Crippen LogP contribution in [0.1, 0.15) is 29.7 Å². The Hall–Kier alpha value is -3.04. The Morgan fingerprint density at radius 2 is 1.96 bits per heavy atom. The lowest BCUT2D eigenvalue weighted by molar-refractivity contribution is -0.307. The van der Waals surface area contributed by atoms with Crippen LogP contribution in [0.25, 0.3) is 0 Å². The summed E-state index contributed by atoms with van der Waals surface area (Å²) in [6.07, 6.45) is 0.766. The maximum Gasteiger partial charge on any atom is 0.125 e. The fraction of sp³-hybridized carbons (Fsp3) is 0.300. The topological polar surface area (TPSA) is 94.4 Å². The number of hydrogen-bond donors (Lipinski definition) is 1. The first kappa shape index (κ1) is 19.3. The molecule has 0 aromatic heterocycles. The molecule has 1 atom stereocenters. The molecule has 0 fully saturated rings. The van der Waals surface area contributed by atoms with Gasteiger partial charge in [0, 0.05) is 18.4 Å². The molecule has 2 aromatic carbocycles. The summed E-state index contributed by atoms with van der Waals surface area (Å²) in [5.41, 5.74) is 2.55. The van der Waals surface area contributed by atoms with E-state index < -0.39 is 12.0 Å². The van der Waals surface area contributed by atoms with E-state index in [4.69, 9.17) is 14.7 Å². The van der Waals surface area contributed by atoms with E-state index in [-0.39, 0.29) is 0 Å². The molecule has 26 heavy (non-hydrogen) atoms. The zero-order chi connectivity index (χ0) is 18.9. The number of carboxylic acid groups (broad SMARTS) is 1.